The van der Waals surface area contributed by atoms with E-state index in [-0.39, 0.29) is 11.8 Å². The monoisotopic (exact) mass is 236 g/mol. The van der Waals surface area contributed by atoms with Crippen molar-refractivity contribution in [3.8, 4) is 0 Å². The standard InChI is InChI=1S/C12H16N2O3/c1-8-10(5-7-17-8)12(16)13-6-4-11(15)14-9-2-3-9/h5,7,9H,2-4,6H2,1H3,(H,13,16)(H,14,15). The van der Waals surface area contributed by atoms with Crippen molar-refractivity contribution in [1.29, 1.82) is 0 Å². The third kappa shape index (κ3) is 3.34. The van der Waals surface area contributed by atoms with E-state index in [1.807, 2.05) is 0 Å². The largest absolute Gasteiger partial charge is 0.469 e. The average Bonchev–Trinajstić information content (AvgIpc) is 2.98. The summed E-state index contributed by atoms with van der Waals surface area (Å²) in [7, 11) is 0. The van der Waals surface area contributed by atoms with Crippen molar-refractivity contribution in [3.05, 3.63) is 23.7 Å². The first-order valence-corrected chi connectivity index (χ1v) is 5.78. The number of aryl methyl sites for hydroxylation is 1. The number of rotatable bonds is 5. The maximum atomic E-state index is 11.6. The van der Waals surface area contributed by atoms with Gasteiger partial charge in [-0.05, 0) is 25.8 Å². The molecule has 0 aliphatic heterocycles. The van der Waals surface area contributed by atoms with Gasteiger partial charge in [0.1, 0.15) is 5.76 Å². The average molecular weight is 236 g/mol. The Morgan fingerprint density at radius 3 is 2.82 bits per heavy atom. The molecule has 92 valence electrons. The predicted molar refractivity (Wildman–Crippen MR) is 61.6 cm³/mol. The number of nitrogens with one attached hydrogen (secondary N) is 2. The lowest BCUT2D eigenvalue weighted by atomic mass is 10.2. The summed E-state index contributed by atoms with van der Waals surface area (Å²) in [5, 5.41) is 5.56. The van der Waals surface area contributed by atoms with Crippen LogP contribution in [0.3, 0.4) is 0 Å². The molecule has 1 saturated carbocycles. The van der Waals surface area contributed by atoms with Gasteiger partial charge >= 0.3 is 0 Å². The molecule has 1 aromatic heterocycles. The van der Waals surface area contributed by atoms with Crippen LogP contribution in [-0.4, -0.2) is 24.4 Å². The molecular weight excluding hydrogens is 220 g/mol. The van der Waals surface area contributed by atoms with Crippen molar-refractivity contribution < 1.29 is 14.0 Å². The topological polar surface area (TPSA) is 71.3 Å². The van der Waals surface area contributed by atoms with E-state index in [0.29, 0.717) is 30.3 Å². The molecule has 1 aliphatic carbocycles. The number of carbonyl (C=O) groups excluding carboxylic acids is 2. The first-order valence-electron chi connectivity index (χ1n) is 5.78. The van der Waals surface area contributed by atoms with Crippen molar-refractivity contribution in [3.63, 3.8) is 0 Å². The van der Waals surface area contributed by atoms with E-state index in [1.54, 1.807) is 13.0 Å². The third-order valence-electron chi connectivity index (χ3n) is 2.68. The molecule has 0 saturated heterocycles. The molecule has 17 heavy (non-hydrogen) atoms. The summed E-state index contributed by atoms with van der Waals surface area (Å²) >= 11 is 0. The number of furan rings is 1. The van der Waals surface area contributed by atoms with E-state index in [4.69, 9.17) is 4.42 Å². The van der Waals surface area contributed by atoms with Crippen molar-refractivity contribution in [2.24, 2.45) is 0 Å². The van der Waals surface area contributed by atoms with E-state index >= 15 is 0 Å². The van der Waals surface area contributed by atoms with Gasteiger partial charge in [0.2, 0.25) is 5.91 Å². The molecule has 0 atom stereocenters. The van der Waals surface area contributed by atoms with Crippen LogP contribution < -0.4 is 10.6 Å². The molecule has 0 spiro atoms. The molecule has 2 N–H and O–H groups in total. The fourth-order valence-electron chi connectivity index (χ4n) is 1.53. The van der Waals surface area contributed by atoms with Crippen LogP contribution in [0.5, 0.6) is 0 Å². The molecule has 0 radical (unpaired) electrons. The van der Waals surface area contributed by atoms with Gasteiger partial charge < -0.3 is 15.1 Å². The third-order valence-corrected chi connectivity index (χ3v) is 2.68. The Morgan fingerprint density at radius 1 is 1.47 bits per heavy atom. The zero-order chi connectivity index (χ0) is 12.3. The van der Waals surface area contributed by atoms with Gasteiger partial charge in [-0.2, -0.15) is 0 Å². The molecule has 1 heterocycles. The van der Waals surface area contributed by atoms with Crippen LogP contribution in [0.25, 0.3) is 0 Å². The van der Waals surface area contributed by atoms with Crippen LogP contribution in [0.2, 0.25) is 0 Å². The van der Waals surface area contributed by atoms with Gasteiger partial charge in [0, 0.05) is 19.0 Å². The molecule has 1 fully saturated rings. The summed E-state index contributed by atoms with van der Waals surface area (Å²) in [5.41, 5.74) is 0.521. The summed E-state index contributed by atoms with van der Waals surface area (Å²) < 4.78 is 5.03. The SMILES string of the molecule is Cc1occc1C(=O)NCCC(=O)NC1CC1. The van der Waals surface area contributed by atoms with Gasteiger partial charge in [0.05, 0.1) is 11.8 Å². The maximum absolute atomic E-state index is 11.6. The fourth-order valence-corrected chi connectivity index (χ4v) is 1.53. The van der Waals surface area contributed by atoms with Gasteiger partial charge in [0.15, 0.2) is 0 Å². The van der Waals surface area contributed by atoms with Crippen molar-refractivity contribution >= 4 is 11.8 Å². The molecule has 2 amide bonds. The van der Waals surface area contributed by atoms with Gasteiger partial charge in [-0.15, -0.1) is 0 Å². The van der Waals surface area contributed by atoms with Crippen molar-refractivity contribution in [2.45, 2.75) is 32.2 Å². The molecular formula is C12H16N2O3. The summed E-state index contributed by atoms with van der Waals surface area (Å²) in [4.78, 5) is 23.0. The van der Waals surface area contributed by atoms with Gasteiger partial charge in [-0.1, -0.05) is 0 Å². The Balaban J connectivity index is 1.69. The van der Waals surface area contributed by atoms with Crippen LogP contribution >= 0.6 is 0 Å². The number of hydrogen-bond acceptors (Lipinski definition) is 3. The van der Waals surface area contributed by atoms with E-state index in [1.165, 1.54) is 6.26 Å². The van der Waals surface area contributed by atoms with Crippen LogP contribution in [0.15, 0.2) is 16.7 Å². The highest BCUT2D eigenvalue weighted by Crippen LogP contribution is 2.18. The highest BCUT2D eigenvalue weighted by molar-refractivity contribution is 5.95. The molecule has 0 aromatic carbocycles. The Hall–Kier alpha value is -1.78. The molecule has 1 aliphatic rings. The molecule has 5 nitrogen and oxygen atoms in total. The van der Waals surface area contributed by atoms with E-state index in [2.05, 4.69) is 10.6 Å². The highest BCUT2D eigenvalue weighted by Gasteiger charge is 2.22. The Bertz CT molecular complexity index is 421. The summed E-state index contributed by atoms with van der Waals surface area (Å²) in [6, 6.07) is 1.99. The summed E-state index contributed by atoms with van der Waals surface area (Å²) in [6.07, 6.45) is 3.95. The fraction of sp³-hybridized carbons (Fsp3) is 0.500. The van der Waals surface area contributed by atoms with E-state index in [0.717, 1.165) is 12.8 Å². The molecule has 0 unspecified atom stereocenters. The minimum absolute atomic E-state index is 0.00304. The minimum Gasteiger partial charge on any atom is -0.469 e. The van der Waals surface area contributed by atoms with Crippen molar-refractivity contribution in [2.75, 3.05) is 6.54 Å². The van der Waals surface area contributed by atoms with E-state index < -0.39 is 0 Å². The zero-order valence-corrected chi connectivity index (χ0v) is 9.79. The first-order chi connectivity index (χ1) is 8.16. The maximum Gasteiger partial charge on any atom is 0.254 e. The molecule has 0 bridgehead atoms. The molecule has 5 heteroatoms. The van der Waals surface area contributed by atoms with Gasteiger partial charge in [0.25, 0.3) is 5.91 Å². The van der Waals surface area contributed by atoms with Crippen LogP contribution in [0.1, 0.15) is 35.4 Å². The molecule has 1 aromatic rings. The molecule has 2 rings (SSSR count). The Morgan fingerprint density at radius 2 is 2.24 bits per heavy atom. The van der Waals surface area contributed by atoms with Gasteiger partial charge in [-0.3, -0.25) is 9.59 Å². The second-order valence-corrected chi connectivity index (χ2v) is 4.24. The highest BCUT2D eigenvalue weighted by atomic mass is 16.3. The summed E-state index contributed by atoms with van der Waals surface area (Å²) in [5.74, 6) is 0.386. The summed E-state index contributed by atoms with van der Waals surface area (Å²) in [6.45, 7) is 2.08. The van der Waals surface area contributed by atoms with Crippen LogP contribution in [-0.2, 0) is 4.79 Å². The number of carbonyl (C=O) groups is 2. The second-order valence-electron chi connectivity index (χ2n) is 4.24. The Kier molecular flexibility index (Phi) is 3.46. The normalized spacial score (nSPS) is 14.4. The van der Waals surface area contributed by atoms with Crippen LogP contribution in [0.4, 0.5) is 0 Å². The smallest absolute Gasteiger partial charge is 0.254 e. The van der Waals surface area contributed by atoms with Crippen molar-refractivity contribution in [1.82, 2.24) is 10.6 Å². The quantitative estimate of drug-likeness (QED) is 0.800. The lowest BCUT2D eigenvalue weighted by molar-refractivity contribution is -0.121. The zero-order valence-electron chi connectivity index (χ0n) is 9.79. The van der Waals surface area contributed by atoms with Crippen LogP contribution in [0, 0.1) is 6.92 Å². The van der Waals surface area contributed by atoms with Gasteiger partial charge in [-0.25, -0.2) is 0 Å². The van der Waals surface area contributed by atoms with E-state index in [9.17, 15) is 9.59 Å². The number of amides is 2. The number of hydrogen-bond donors (Lipinski definition) is 2. The predicted octanol–water partition coefficient (Wildman–Crippen LogP) is 0.987. The Labute approximate surface area is 99.6 Å². The minimum atomic E-state index is -0.199. The first kappa shape index (κ1) is 11.7. The lowest BCUT2D eigenvalue weighted by Crippen LogP contribution is -2.31. The second kappa shape index (κ2) is 5.03. The lowest BCUT2D eigenvalue weighted by Gasteiger charge is -2.05.